The number of nitrogens with one attached hydrogen (secondary N) is 2. The molecular formula is C26H24N4O3. The first-order valence-electron chi connectivity index (χ1n) is 11.0. The number of carbonyl (C=O) groups is 2. The van der Waals surface area contributed by atoms with Crippen LogP contribution in [0.3, 0.4) is 0 Å². The monoisotopic (exact) mass is 440 g/mol. The Morgan fingerprint density at radius 3 is 2.45 bits per heavy atom. The van der Waals surface area contributed by atoms with E-state index in [9.17, 15) is 9.59 Å². The highest BCUT2D eigenvalue weighted by atomic mass is 16.3. The molecule has 0 atom stereocenters. The fourth-order valence-electron chi connectivity index (χ4n) is 4.13. The Morgan fingerprint density at radius 2 is 1.70 bits per heavy atom. The third kappa shape index (κ3) is 4.57. The van der Waals surface area contributed by atoms with Gasteiger partial charge in [-0.15, -0.1) is 0 Å². The number of urea groups is 1. The summed E-state index contributed by atoms with van der Waals surface area (Å²) in [6, 6.07) is 22.3. The SMILES string of the molecule is O=C(NC1CCN(C(=O)Nc2ccccc2)CC1)c1cc(-c2ccco2)nc2ccccc12. The standard InChI is InChI=1S/C26H24N4O3/c31-25(21-17-23(24-11-6-16-33-24)29-22-10-5-4-9-20(21)22)27-19-12-14-30(15-13-19)26(32)28-18-7-2-1-3-8-18/h1-11,16-17,19H,12-15H2,(H,27,31)(H,28,32). The van der Waals surface area contributed by atoms with E-state index in [2.05, 4.69) is 15.6 Å². The van der Waals surface area contributed by atoms with Crippen molar-refractivity contribution in [2.75, 3.05) is 18.4 Å². The van der Waals surface area contributed by atoms with Crippen LogP contribution in [0.1, 0.15) is 23.2 Å². The van der Waals surface area contributed by atoms with Gasteiger partial charge in [-0.3, -0.25) is 4.79 Å². The van der Waals surface area contributed by atoms with E-state index in [1.54, 1.807) is 23.3 Å². The number of rotatable bonds is 4. The third-order valence-corrected chi connectivity index (χ3v) is 5.88. The van der Waals surface area contributed by atoms with Crippen molar-refractivity contribution in [2.45, 2.75) is 18.9 Å². The number of amides is 3. The molecule has 3 amide bonds. The quantitative estimate of drug-likeness (QED) is 0.471. The van der Waals surface area contributed by atoms with E-state index in [1.807, 2.05) is 60.7 Å². The Morgan fingerprint density at radius 1 is 0.939 bits per heavy atom. The van der Waals surface area contributed by atoms with Gasteiger partial charge in [-0.05, 0) is 49.2 Å². The molecule has 0 unspecified atom stereocenters. The number of anilines is 1. The average Bonchev–Trinajstić information content (AvgIpc) is 3.39. The van der Waals surface area contributed by atoms with Gasteiger partial charge in [0.2, 0.25) is 0 Å². The third-order valence-electron chi connectivity index (χ3n) is 5.88. The first-order valence-corrected chi connectivity index (χ1v) is 11.0. The Bertz CT molecular complexity index is 1260. The molecule has 4 aromatic rings. The van der Waals surface area contributed by atoms with Crippen LogP contribution in [-0.4, -0.2) is 41.0 Å². The lowest BCUT2D eigenvalue weighted by molar-refractivity contribution is 0.0921. The number of nitrogens with zero attached hydrogens (tertiary/aromatic N) is 2. The minimum atomic E-state index is -0.145. The van der Waals surface area contributed by atoms with Gasteiger partial charge in [0.05, 0.1) is 17.3 Å². The molecule has 3 heterocycles. The maximum atomic E-state index is 13.2. The molecule has 1 aliphatic rings. The highest BCUT2D eigenvalue weighted by Crippen LogP contribution is 2.25. The second-order valence-corrected chi connectivity index (χ2v) is 8.08. The number of hydrogen-bond donors (Lipinski definition) is 2. The van der Waals surface area contributed by atoms with Crippen molar-refractivity contribution < 1.29 is 14.0 Å². The van der Waals surface area contributed by atoms with E-state index in [-0.39, 0.29) is 18.0 Å². The van der Waals surface area contributed by atoms with Crippen molar-refractivity contribution in [3.8, 4) is 11.5 Å². The largest absolute Gasteiger partial charge is 0.463 e. The summed E-state index contributed by atoms with van der Waals surface area (Å²) in [7, 11) is 0. The van der Waals surface area contributed by atoms with Crippen LogP contribution in [0.2, 0.25) is 0 Å². The Kier molecular flexibility index (Phi) is 5.76. The predicted octanol–water partition coefficient (Wildman–Crippen LogP) is 4.92. The Labute approximate surface area is 191 Å². The van der Waals surface area contributed by atoms with E-state index in [4.69, 9.17) is 4.42 Å². The molecule has 2 N–H and O–H groups in total. The van der Waals surface area contributed by atoms with Gasteiger partial charge < -0.3 is 20.0 Å². The normalized spacial score (nSPS) is 14.2. The maximum Gasteiger partial charge on any atom is 0.321 e. The molecule has 0 spiro atoms. The molecule has 1 aliphatic heterocycles. The summed E-state index contributed by atoms with van der Waals surface area (Å²) in [6.07, 6.45) is 2.98. The van der Waals surface area contributed by atoms with Crippen molar-refractivity contribution in [2.24, 2.45) is 0 Å². The second kappa shape index (κ2) is 9.16. The first kappa shape index (κ1) is 20.8. The molecule has 0 radical (unpaired) electrons. The summed E-state index contributed by atoms with van der Waals surface area (Å²) in [6.45, 7) is 1.16. The van der Waals surface area contributed by atoms with Gasteiger partial charge in [0, 0.05) is 30.2 Å². The van der Waals surface area contributed by atoms with Gasteiger partial charge in [-0.2, -0.15) is 0 Å². The molecule has 2 aromatic carbocycles. The number of fused-ring (bicyclic) bond motifs is 1. The molecule has 7 heteroatoms. The van der Waals surface area contributed by atoms with E-state index in [0.29, 0.717) is 42.9 Å². The topological polar surface area (TPSA) is 87.5 Å². The molecule has 0 aliphatic carbocycles. The summed E-state index contributed by atoms with van der Waals surface area (Å²) in [5, 5.41) is 6.87. The zero-order chi connectivity index (χ0) is 22.6. The average molecular weight is 441 g/mol. The molecule has 33 heavy (non-hydrogen) atoms. The fourth-order valence-corrected chi connectivity index (χ4v) is 4.13. The zero-order valence-electron chi connectivity index (χ0n) is 18.0. The number of furan rings is 1. The highest BCUT2D eigenvalue weighted by Gasteiger charge is 2.25. The van der Waals surface area contributed by atoms with Crippen molar-refractivity contribution >= 4 is 28.5 Å². The highest BCUT2D eigenvalue weighted by molar-refractivity contribution is 6.07. The lowest BCUT2D eigenvalue weighted by Crippen LogP contribution is -2.47. The maximum absolute atomic E-state index is 13.2. The smallest absolute Gasteiger partial charge is 0.321 e. The molecule has 5 rings (SSSR count). The number of para-hydroxylation sites is 2. The van der Waals surface area contributed by atoms with Crippen LogP contribution in [0.15, 0.2) is 83.5 Å². The molecule has 1 fully saturated rings. The van der Waals surface area contributed by atoms with E-state index in [0.717, 1.165) is 16.6 Å². The number of piperidine rings is 1. The fraction of sp³-hybridized carbons (Fsp3) is 0.192. The van der Waals surface area contributed by atoms with Gasteiger partial charge in [-0.1, -0.05) is 36.4 Å². The van der Waals surface area contributed by atoms with Crippen LogP contribution in [-0.2, 0) is 0 Å². The van der Waals surface area contributed by atoms with Crippen molar-refractivity contribution in [1.29, 1.82) is 0 Å². The molecule has 2 aromatic heterocycles. The van der Waals surface area contributed by atoms with Gasteiger partial charge >= 0.3 is 6.03 Å². The number of benzene rings is 2. The lowest BCUT2D eigenvalue weighted by Gasteiger charge is -2.32. The zero-order valence-corrected chi connectivity index (χ0v) is 18.0. The summed E-state index contributed by atoms with van der Waals surface area (Å²) in [5.74, 6) is 0.473. The summed E-state index contributed by atoms with van der Waals surface area (Å²) < 4.78 is 5.49. The van der Waals surface area contributed by atoms with Crippen molar-refractivity contribution in [3.63, 3.8) is 0 Å². The summed E-state index contributed by atoms with van der Waals surface area (Å²) in [5.41, 5.74) is 2.70. The number of hydrogen-bond acceptors (Lipinski definition) is 4. The van der Waals surface area contributed by atoms with E-state index < -0.39 is 0 Å². The van der Waals surface area contributed by atoms with Gasteiger partial charge in [0.15, 0.2) is 5.76 Å². The first-order chi connectivity index (χ1) is 16.2. The number of pyridine rings is 1. The van der Waals surface area contributed by atoms with Gasteiger partial charge in [0.1, 0.15) is 5.69 Å². The molecule has 1 saturated heterocycles. The number of carbonyl (C=O) groups excluding carboxylic acids is 2. The molecular weight excluding hydrogens is 416 g/mol. The van der Waals surface area contributed by atoms with Crippen LogP contribution in [0.25, 0.3) is 22.4 Å². The number of aromatic nitrogens is 1. The van der Waals surface area contributed by atoms with Gasteiger partial charge in [0.25, 0.3) is 5.91 Å². The van der Waals surface area contributed by atoms with Gasteiger partial charge in [-0.25, -0.2) is 9.78 Å². The van der Waals surface area contributed by atoms with Crippen LogP contribution in [0, 0.1) is 0 Å². The van der Waals surface area contributed by atoms with Crippen LogP contribution in [0.4, 0.5) is 10.5 Å². The Balaban J connectivity index is 1.26. The second-order valence-electron chi connectivity index (χ2n) is 8.08. The summed E-state index contributed by atoms with van der Waals surface area (Å²) >= 11 is 0. The minimum Gasteiger partial charge on any atom is -0.463 e. The van der Waals surface area contributed by atoms with Crippen LogP contribution < -0.4 is 10.6 Å². The molecule has 7 nitrogen and oxygen atoms in total. The van der Waals surface area contributed by atoms with Crippen LogP contribution >= 0.6 is 0 Å². The lowest BCUT2D eigenvalue weighted by atomic mass is 10.0. The van der Waals surface area contributed by atoms with E-state index >= 15 is 0 Å². The molecule has 0 saturated carbocycles. The predicted molar refractivity (Wildman–Crippen MR) is 127 cm³/mol. The number of likely N-dealkylation sites (tertiary alicyclic amines) is 1. The minimum absolute atomic E-state index is 0.00253. The van der Waals surface area contributed by atoms with Crippen molar-refractivity contribution in [1.82, 2.24) is 15.2 Å². The molecule has 166 valence electrons. The molecule has 0 bridgehead atoms. The van der Waals surface area contributed by atoms with Crippen LogP contribution in [0.5, 0.6) is 0 Å². The van der Waals surface area contributed by atoms with Crippen molar-refractivity contribution in [3.05, 3.63) is 84.6 Å². The summed E-state index contributed by atoms with van der Waals surface area (Å²) in [4.78, 5) is 32.2. The van der Waals surface area contributed by atoms with E-state index in [1.165, 1.54) is 0 Å². The Hall–Kier alpha value is -4.13.